The molecule has 63 heavy (non-hydrogen) atoms. The number of hydrogen-bond acceptors (Lipinski definition) is 13. The number of ether oxygens (including phenoxy) is 2. The molecule has 342 valence electrons. The predicted octanol–water partition coefficient (Wildman–Crippen LogP) is 4.89. The van der Waals surface area contributed by atoms with Gasteiger partial charge in [-0.2, -0.15) is 5.26 Å². The van der Waals surface area contributed by atoms with Gasteiger partial charge in [-0.25, -0.2) is 10.9 Å². The summed E-state index contributed by atoms with van der Waals surface area (Å²) in [5.74, 6) is 2.47. The number of fused-ring (bicyclic) bond motifs is 3. The van der Waals surface area contributed by atoms with E-state index in [1.54, 1.807) is 18.2 Å². The highest BCUT2D eigenvalue weighted by molar-refractivity contribution is 8.00. The Hall–Kier alpha value is -3.46. The lowest BCUT2D eigenvalue weighted by Gasteiger charge is -2.63. The fourth-order valence-electron chi connectivity index (χ4n) is 11.4. The number of aliphatic imine (C=N–C) groups is 1. The molecule has 8 rings (SSSR count). The van der Waals surface area contributed by atoms with Crippen LogP contribution in [0.4, 0.5) is 0 Å². The molecule has 0 radical (unpaired) electrons. The molecule has 7 atom stereocenters. The summed E-state index contributed by atoms with van der Waals surface area (Å²) in [5, 5.41) is 23.9. The van der Waals surface area contributed by atoms with Gasteiger partial charge in [0.05, 0.1) is 53.3 Å². The van der Waals surface area contributed by atoms with Crippen molar-refractivity contribution in [3.8, 4) is 17.6 Å². The van der Waals surface area contributed by atoms with Gasteiger partial charge < -0.3 is 20.1 Å². The highest BCUT2D eigenvalue weighted by Crippen LogP contribution is 2.56. The van der Waals surface area contributed by atoms with Gasteiger partial charge in [0.25, 0.3) is 0 Å². The number of hydrogen-bond donors (Lipinski definition) is 6. The largest absolute Gasteiger partial charge is 0.493 e. The van der Waals surface area contributed by atoms with E-state index in [2.05, 4.69) is 121 Å². The van der Waals surface area contributed by atoms with Crippen molar-refractivity contribution in [2.45, 2.75) is 122 Å². The monoisotopic (exact) mass is 902 g/mol. The molecule has 6 unspecified atom stereocenters. The molecule has 5 aliphatic heterocycles. The van der Waals surface area contributed by atoms with E-state index >= 15 is 0 Å². The number of thioether (sulfide) groups is 1. The summed E-state index contributed by atoms with van der Waals surface area (Å²) in [7, 11) is 0. The number of benzene rings is 2. The standard InChI is InChI=1S/C47H67ClN10O4S/c1-9-50-37(59)21-36-40-56-55-28(4)58(40)42-38(26(2)27(3)63-42)39(53-36)30-10-13-33(14-11-30)61-25-29-16-18-57(19-17-29)45-51-23-32(24-52-45)41(60)54-43-46(5,6)44(47(43,7)8)62-34-15-12-31(22-49)35(48)20-34/h10-15,20,26-29,32,36,38,40,42-45,51-52,55-56H,9,16-19,21,23-25H2,1-8H3,(H,50,59)(H,54,60)/t26?,27?,28?,32?,36-,38?,40?,42?,43?,44?,45?/m0/s1. The molecule has 14 nitrogen and oxygen atoms in total. The molecular formula is C47H67ClN10O4S. The number of amides is 2. The second-order valence-corrected chi connectivity index (χ2v) is 21.7. The average molecular weight is 904 g/mol. The van der Waals surface area contributed by atoms with Crippen LogP contribution in [0.15, 0.2) is 47.5 Å². The fraction of sp³-hybridized carbons (Fsp3) is 0.660. The van der Waals surface area contributed by atoms with Crippen molar-refractivity contribution in [3.05, 3.63) is 58.6 Å². The van der Waals surface area contributed by atoms with Gasteiger partial charge in [0.1, 0.15) is 30.0 Å². The van der Waals surface area contributed by atoms with Gasteiger partial charge >= 0.3 is 0 Å². The van der Waals surface area contributed by atoms with Crippen LogP contribution in [0.25, 0.3) is 0 Å². The van der Waals surface area contributed by atoms with Crippen molar-refractivity contribution in [2.24, 2.45) is 39.5 Å². The first-order chi connectivity index (χ1) is 30.1. The Kier molecular flexibility index (Phi) is 13.8. The quantitative estimate of drug-likeness (QED) is 0.171. The molecule has 5 heterocycles. The van der Waals surface area contributed by atoms with Gasteiger partial charge in [-0.05, 0) is 80.5 Å². The summed E-state index contributed by atoms with van der Waals surface area (Å²) in [4.78, 5) is 36.9. The van der Waals surface area contributed by atoms with Crippen LogP contribution in [0.5, 0.6) is 11.5 Å². The molecule has 2 aromatic carbocycles. The minimum atomic E-state index is -0.318. The van der Waals surface area contributed by atoms with Crippen molar-refractivity contribution in [2.75, 3.05) is 39.3 Å². The Balaban J connectivity index is 0.806. The van der Waals surface area contributed by atoms with Crippen LogP contribution >= 0.6 is 23.4 Å². The smallest absolute Gasteiger partial charge is 0.225 e. The zero-order chi connectivity index (χ0) is 44.8. The van der Waals surface area contributed by atoms with Gasteiger partial charge in [0.15, 0.2) is 0 Å². The van der Waals surface area contributed by atoms with Crippen LogP contribution in [0, 0.1) is 45.8 Å². The lowest BCUT2D eigenvalue weighted by molar-refractivity contribution is -0.174. The van der Waals surface area contributed by atoms with Crippen molar-refractivity contribution in [3.63, 3.8) is 0 Å². The van der Waals surface area contributed by atoms with E-state index in [9.17, 15) is 14.9 Å². The number of nitrogens with one attached hydrogen (secondary N) is 6. The summed E-state index contributed by atoms with van der Waals surface area (Å²) in [6.45, 7) is 21.7. The van der Waals surface area contributed by atoms with Crippen molar-refractivity contribution < 1.29 is 19.1 Å². The first-order valence-corrected chi connectivity index (χ1v) is 24.3. The van der Waals surface area contributed by atoms with Gasteiger partial charge in [0.2, 0.25) is 11.8 Å². The Morgan fingerprint density at radius 1 is 1.00 bits per heavy atom. The third kappa shape index (κ3) is 9.21. The number of piperidine rings is 1. The van der Waals surface area contributed by atoms with Crippen molar-refractivity contribution in [1.82, 2.24) is 41.9 Å². The number of rotatable bonds is 12. The van der Waals surface area contributed by atoms with Crippen molar-refractivity contribution in [1.29, 1.82) is 5.26 Å². The molecule has 2 amide bonds. The maximum Gasteiger partial charge on any atom is 0.225 e. The van der Waals surface area contributed by atoms with Crippen LogP contribution < -0.4 is 41.6 Å². The Morgan fingerprint density at radius 2 is 1.68 bits per heavy atom. The van der Waals surface area contributed by atoms with Gasteiger partial charge in [-0.1, -0.05) is 53.1 Å². The van der Waals surface area contributed by atoms with E-state index in [4.69, 9.17) is 26.1 Å². The van der Waals surface area contributed by atoms with E-state index in [0.717, 1.165) is 43.0 Å². The van der Waals surface area contributed by atoms with Gasteiger partial charge in [-0.15, -0.1) is 11.8 Å². The van der Waals surface area contributed by atoms with Crippen LogP contribution in [0.2, 0.25) is 5.02 Å². The molecule has 6 N–H and O–H groups in total. The lowest BCUT2D eigenvalue weighted by Crippen LogP contribution is -2.75. The number of halogens is 1. The minimum absolute atomic E-state index is 0.0243. The molecule has 4 saturated heterocycles. The second kappa shape index (κ2) is 18.8. The fourth-order valence-corrected chi connectivity index (χ4v) is 13.4. The summed E-state index contributed by atoms with van der Waals surface area (Å²) >= 11 is 8.30. The van der Waals surface area contributed by atoms with Crippen LogP contribution in [-0.4, -0.2) is 114 Å². The number of hydrazine groups is 1. The molecule has 1 aliphatic carbocycles. The number of nitriles is 1. The van der Waals surface area contributed by atoms with Crippen LogP contribution in [-0.2, 0) is 9.59 Å². The second-order valence-electron chi connectivity index (χ2n) is 19.8. The van der Waals surface area contributed by atoms with Crippen LogP contribution in [0.3, 0.4) is 0 Å². The number of carbonyl (C=O) groups excluding carboxylic acids is 2. The zero-order valence-corrected chi connectivity index (χ0v) is 39.6. The summed E-state index contributed by atoms with van der Waals surface area (Å²) in [5.41, 5.74) is 8.89. The third-order valence-corrected chi connectivity index (χ3v) is 16.8. The van der Waals surface area contributed by atoms with E-state index in [0.29, 0.717) is 66.1 Å². The molecule has 16 heteroatoms. The molecule has 0 spiro atoms. The molecule has 6 aliphatic rings. The number of carbonyl (C=O) groups is 2. The van der Waals surface area contributed by atoms with E-state index in [1.165, 1.54) is 0 Å². The highest BCUT2D eigenvalue weighted by Gasteiger charge is 2.64. The first-order valence-electron chi connectivity index (χ1n) is 23.0. The Labute approximate surface area is 382 Å². The van der Waals surface area contributed by atoms with Crippen molar-refractivity contribution >= 4 is 40.9 Å². The number of nitrogens with zero attached hydrogens (tertiary/aromatic N) is 4. The third-order valence-electron chi connectivity index (χ3n) is 14.8. The Bertz CT molecular complexity index is 2030. The van der Waals surface area contributed by atoms with Gasteiger partial charge in [0, 0.05) is 72.5 Å². The maximum atomic E-state index is 13.6. The lowest BCUT2D eigenvalue weighted by atomic mass is 9.49. The minimum Gasteiger partial charge on any atom is -0.493 e. The maximum absolute atomic E-state index is 13.6. The average Bonchev–Trinajstić information content (AvgIpc) is 3.75. The summed E-state index contributed by atoms with van der Waals surface area (Å²) in [6, 6.07) is 15.4. The summed E-state index contributed by atoms with van der Waals surface area (Å²) < 4.78 is 12.8. The van der Waals surface area contributed by atoms with E-state index in [-0.39, 0.29) is 76.7 Å². The van der Waals surface area contributed by atoms with Gasteiger partial charge in [-0.3, -0.25) is 35.0 Å². The molecule has 5 fully saturated rings. The van der Waals surface area contributed by atoms with E-state index < -0.39 is 0 Å². The summed E-state index contributed by atoms with van der Waals surface area (Å²) in [6.07, 6.45) is 2.32. The van der Waals surface area contributed by atoms with Crippen LogP contribution in [0.1, 0.15) is 85.8 Å². The number of likely N-dealkylation sites (tertiary alicyclic amines) is 1. The first kappa shape index (κ1) is 46.1. The Morgan fingerprint density at radius 3 is 2.33 bits per heavy atom. The predicted molar refractivity (Wildman–Crippen MR) is 248 cm³/mol. The molecule has 1 saturated carbocycles. The normalized spacial score (nSPS) is 34.0. The van der Waals surface area contributed by atoms with E-state index in [1.807, 2.05) is 18.7 Å². The highest BCUT2D eigenvalue weighted by atomic mass is 35.5. The molecule has 2 aromatic rings. The molecular weight excluding hydrogens is 836 g/mol. The molecule has 0 aromatic heterocycles. The topological polar surface area (TPSA) is 167 Å². The molecule has 0 bridgehead atoms. The SMILES string of the molecule is CCNC(=O)C[C@@H]1N=C(c2ccc(OCC3CCN(C4NCC(C(=O)NC5C(C)(C)C(Oc6ccc(C#N)c(Cl)c6)C5(C)C)CN4)CC3)cc2)C2C(C)C(C)SC2N2C(C)NNC12. The zero-order valence-electron chi connectivity index (χ0n) is 38.0.